The maximum atomic E-state index is 5.01. The summed E-state index contributed by atoms with van der Waals surface area (Å²) >= 11 is 0. The van der Waals surface area contributed by atoms with E-state index in [9.17, 15) is 0 Å². The molecule has 0 bridgehead atoms. The van der Waals surface area contributed by atoms with Crippen LogP contribution in [0.4, 0.5) is 0 Å². The normalized spacial score (nSPS) is 11.8. The third-order valence-corrected chi connectivity index (χ3v) is 8.25. The second kappa shape index (κ2) is 8.85. The lowest BCUT2D eigenvalue weighted by Gasteiger charge is -2.11. The first-order chi connectivity index (χ1) is 20.8. The number of rotatable bonds is 3. The Labute approximate surface area is 241 Å². The Morgan fingerprint density at radius 1 is 0.500 bits per heavy atom. The minimum atomic E-state index is 0.654. The maximum Gasteiger partial charge on any atom is 0.163 e. The largest absolute Gasteiger partial charge is 0.309 e. The zero-order chi connectivity index (χ0) is 27.6. The molecule has 0 atom stereocenters. The fourth-order valence-electron chi connectivity index (χ4n) is 6.45. The van der Waals surface area contributed by atoms with E-state index < -0.39 is 0 Å². The van der Waals surface area contributed by atoms with E-state index in [1.165, 1.54) is 43.4 Å². The van der Waals surface area contributed by atoms with Gasteiger partial charge in [-0.25, -0.2) is 9.97 Å². The van der Waals surface area contributed by atoms with Gasteiger partial charge >= 0.3 is 0 Å². The van der Waals surface area contributed by atoms with Gasteiger partial charge in [0.2, 0.25) is 0 Å². The van der Waals surface area contributed by atoms with Crippen LogP contribution in [0.15, 0.2) is 140 Å². The van der Waals surface area contributed by atoms with Crippen LogP contribution in [0.2, 0.25) is 0 Å². The number of hydrogen-bond donors (Lipinski definition) is 0. The van der Waals surface area contributed by atoms with Crippen LogP contribution in [0.25, 0.3) is 77.3 Å². The maximum absolute atomic E-state index is 5.01. The molecule has 0 saturated carbocycles. The van der Waals surface area contributed by atoms with E-state index in [0.29, 0.717) is 5.82 Å². The Morgan fingerprint density at radius 2 is 1.26 bits per heavy atom. The summed E-state index contributed by atoms with van der Waals surface area (Å²) in [7, 11) is 0. The van der Waals surface area contributed by atoms with Gasteiger partial charge in [0.1, 0.15) is 5.82 Å². The lowest BCUT2D eigenvalue weighted by Crippen LogP contribution is -2.00. The van der Waals surface area contributed by atoms with E-state index >= 15 is 0 Å². The molecule has 9 aromatic rings. The summed E-state index contributed by atoms with van der Waals surface area (Å²) in [5, 5.41) is 7.29. The fraction of sp³-hybridized carbons (Fsp3) is 0. The van der Waals surface area contributed by atoms with Gasteiger partial charge in [0.05, 0.1) is 22.1 Å². The van der Waals surface area contributed by atoms with Crippen molar-refractivity contribution in [3.63, 3.8) is 0 Å². The van der Waals surface area contributed by atoms with Crippen molar-refractivity contribution >= 4 is 54.4 Å². The molecule has 9 rings (SSSR count). The average molecular weight is 538 g/mol. The van der Waals surface area contributed by atoms with Crippen molar-refractivity contribution in [1.82, 2.24) is 24.1 Å². The van der Waals surface area contributed by atoms with Crippen LogP contribution in [0.5, 0.6) is 0 Å². The predicted molar refractivity (Wildman–Crippen MR) is 171 cm³/mol. The second-order valence-corrected chi connectivity index (χ2v) is 10.6. The van der Waals surface area contributed by atoms with Gasteiger partial charge in [-0.05, 0) is 60.0 Å². The molecule has 0 amide bonds. The summed E-state index contributed by atoms with van der Waals surface area (Å²) in [5.41, 5.74) is 6.70. The first-order valence-electron chi connectivity index (χ1n) is 14.0. The Morgan fingerprint density at radius 3 is 2.07 bits per heavy atom. The van der Waals surface area contributed by atoms with Crippen molar-refractivity contribution < 1.29 is 0 Å². The van der Waals surface area contributed by atoms with Crippen molar-refractivity contribution in [1.29, 1.82) is 0 Å². The van der Waals surface area contributed by atoms with Crippen LogP contribution in [0.3, 0.4) is 0 Å². The Kier molecular flexibility index (Phi) is 4.83. The SMILES string of the molecule is c1ccc(-n2c3ccccc3c3ccc4cc5c(cc4c32)c2ccccc2n5-c2ccnc(-c3cccnc3)n2)cc1. The van der Waals surface area contributed by atoms with Crippen LogP contribution < -0.4 is 0 Å². The topological polar surface area (TPSA) is 48.5 Å². The van der Waals surface area contributed by atoms with Crippen LogP contribution in [-0.4, -0.2) is 24.1 Å². The monoisotopic (exact) mass is 537 g/mol. The number of fused-ring (bicyclic) bond motifs is 8. The van der Waals surface area contributed by atoms with E-state index in [0.717, 1.165) is 28.1 Å². The van der Waals surface area contributed by atoms with Gasteiger partial charge in [-0.3, -0.25) is 9.55 Å². The Bertz CT molecular complexity index is 2450. The standard InChI is InChI=1S/C37H23N5/c1-2-10-26(11-3-1)41-32-14-6-4-12-27(32)29-17-16-24-21-34-31(22-30(24)36(29)41)28-13-5-7-15-33(28)42(34)35-18-20-39-37(40-35)25-9-8-19-38-23-25/h1-23H. The van der Waals surface area contributed by atoms with E-state index in [-0.39, 0.29) is 0 Å². The first kappa shape index (κ1) is 22.9. The smallest absolute Gasteiger partial charge is 0.163 e. The zero-order valence-corrected chi connectivity index (χ0v) is 22.5. The quantitative estimate of drug-likeness (QED) is 0.226. The molecule has 0 fully saturated rings. The van der Waals surface area contributed by atoms with Gasteiger partial charge in [-0.2, -0.15) is 0 Å². The van der Waals surface area contributed by atoms with Crippen molar-refractivity contribution in [2.45, 2.75) is 0 Å². The van der Waals surface area contributed by atoms with Crippen molar-refractivity contribution in [3.05, 3.63) is 140 Å². The highest BCUT2D eigenvalue weighted by molar-refractivity contribution is 6.22. The summed E-state index contributed by atoms with van der Waals surface area (Å²) in [6.45, 7) is 0. The predicted octanol–water partition coefficient (Wildman–Crippen LogP) is 8.89. The minimum absolute atomic E-state index is 0.654. The molecule has 42 heavy (non-hydrogen) atoms. The number of aromatic nitrogens is 5. The van der Waals surface area contributed by atoms with E-state index in [1.54, 1.807) is 12.4 Å². The van der Waals surface area contributed by atoms with E-state index in [2.05, 4.69) is 122 Å². The summed E-state index contributed by atoms with van der Waals surface area (Å²) in [5.74, 6) is 1.48. The van der Waals surface area contributed by atoms with Crippen LogP contribution in [0, 0.1) is 0 Å². The molecule has 0 saturated heterocycles. The molecule has 0 spiro atoms. The average Bonchev–Trinajstić information content (AvgIpc) is 3.57. The third-order valence-electron chi connectivity index (χ3n) is 8.25. The number of hydrogen-bond acceptors (Lipinski definition) is 3. The van der Waals surface area contributed by atoms with Gasteiger partial charge in [-0.1, -0.05) is 66.7 Å². The molecule has 196 valence electrons. The molecule has 0 N–H and O–H groups in total. The summed E-state index contributed by atoms with van der Waals surface area (Å²) < 4.78 is 4.66. The highest BCUT2D eigenvalue weighted by Gasteiger charge is 2.19. The number of para-hydroxylation sites is 3. The highest BCUT2D eigenvalue weighted by atomic mass is 15.1. The van der Waals surface area contributed by atoms with Gasteiger partial charge in [0, 0.05) is 56.8 Å². The Hall–Kier alpha value is -5.81. The van der Waals surface area contributed by atoms with E-state index in [1.807, 2.05) is 24.4 Å². The molecular weight excluding hydrogens is 514 g/mol. The zero-order valence-electron chi connectivity index (χ0n) is 22.5. The molecule has 0 radical (unpaired) electrons. The number of benzene rings is 5. The number of nitrogens with zero attached hydrogens (tertiary/aromatic N) is 5. The highest BCUT2D eigenvalue weighted by Crippen LogP contribution is 2.40. The minimum Gasteiger partial charge on any atom is -0.309 e. The van der Waals surface area contributed by atoms with E-state index in [4.69, 9.17) is 4.98 Å². The molecule has 5 heteroatoms. The van der Waals surface area contributed by atoms with Crippen LogP contribution in [0.1, 0.15) is 0 Å². The number of pyridine rings is 1. The molecule has 0 aliphatic rings. The van der Waals surface area contributed by atoms with Gasteiger partial charge in [0.15, 0.2) is 5.82 Å². The van der Waals surface area contributed by atoms with Gasteiger partial charge in [-0.15, -0.1) is 0 Å². The van der Waals surface area contributed by atoms with Gasteiger partial charge < -0.3 is 4.57 Å². The summed E-state index contributed by atoms with van der Waals surface area (Å²) in [6, 6.07) is 43.0. The molecule has 0 aliphatic carbocycles. The Balaban J connectivity index is 1.40. The second-order valence-electron chi connectivity index (χ2n) is 10.6. The lowest BCUT2D eigenvalue weighted by molar-refractivity contribution is 1.04. The molecular formula is C37H23N5. The lowest BCUT2D eigenvalue weighted by atomic mass is 10.0. The molecule has 4 aromatic heterocycles. The van der Waals surface area contributed by atoms with Gasteiger partial charge in [0.25, 0.3) is 0 Å². The summed E-state index contributed by atoms with van der Waals surface area (Å²) in [6.07, 6.45) is 5.39. The fourth-order valence-corrected chi connectivity index (χ4v) is 6.45. The van der Waals surface area contributed by atoms with Crippen molar-refractivity contribution in [2.24, 2.45) is 0 Å². The van der Waals surface area contributed by atoms with Crippen molar-refractivity contribution in [3.8, 4) is 22.9 Å². The molecule has 4 heterocycles. The van der Waals surface area contributed by atoms with Crippen LogP contribution >= 0.6 is 0 Å². The summed E-state index contributed by atoms with van der Waals surface area (Å²) in [4.78, 5) is 13.8. The molecule has 0 unspecified atom stereocenters. The molecule has 5 nitrogen and oxygen atoms in total. The van der Waals surface area contributed by atoms with Crippen molar-refractivity contribution in [2.75, 3.05) is 0 Å². The molecule has 0 aliphatic heterocycles. The first-order valence-corrected chi connectivity index (χ1v) is 14.0. The van der Waals surface area contributed by atoms with Crippen LogP contribution in [-0.2, 0) is 0 Å². The molecule has 5 aromatic carbocycles. The third kappa shape index (κ3) is 3.28.